The molecule has 0 aliphatic rings. The summed E-state index contributed by atoms with van der Waals surface area (Å²) in [4.78, 5) is 4.41. The Bertz CT molecular complexity index is 570. The van der Waals surface area contributed by atoms with Crippen LogP contribution in [0.1, 0.15) is 30.8 Å². The molecule has 20 heavy (non-hydrogen) atoms. The van der Waals surface area contributed by atoms with Crippen molar-refractivity contribution in [1.82, 2.24) is 15.0 Å². The summed E-state index contributed by atoms with van der Waals surface area (Å²) in [7, 11) is 0. The van der Waals surface area contributed by atoms with Crippen molar-refractivity contribution in [2.75, 3.05) is 0 Å². The van der Waals surface area contributed by atoms with Gasteiger partial charge in [-0.05, 0) is 30.2 Å². The summed E-state index contributed by atoms with van der Waals surface area (Å²) in [6, 6.07) is 5.69. The minimum absolute atomic E-state index is 0.0713. The Balaban J connectivity index is 2.24. The van der Waals surface area contributed by atoms with E-state index in [0.29, 0.717) is 11.4 Å². The lowest BCUT2D eigenvalue weighted by Crippen LogP contribution is -2.30. The number of hydrogen-bond acceptors (Lipinski definition) is 3. The summed E-state index contributed by atoms with van der Waals surface area (Å²) in [6.07, 6.45) is 5.58. The van der Waals surface area contributed by atoms with Crippen molar-refractivity contribution in [3.05, 3.63) is 51.5 Å². The van der Waals surface area contributed by atoms with Crippen LogP contribution in [-0.2, 0) is 13.0 Å². The number of nitrogens with one attached hydrogen (secondary N) is 1. The van der Waals surface area contributed by atoms with Gasteiger partial charge < -0.3 is 4.57 Å². The quantitative estimate of drug-likeness (QED) is 0.615. The lowest BCUT2D eigenvalue weighted by atomic mass is 10.0. The third-order valence-electron chi connectivity index (χ3n) is 3.19. The normalized spacial score (nSPS) is 12.6. The number of benzene rings is 1. The van der Waals surface area contributed by atoms with Gasteiger partial charge >= 0.3 is 0 Å². The number of aryl methyl sites for hydroxylation is 1. The predicted molar refractivity (Wildman–Crippen MR) is 85.4 cm³/mol. The second-order valence-electron chi connectivity index (χ2n) is 4.63. The Labute approximate surface area is 132 Å². The van der Waals surface area contributed by atoms with Crippen LogP contribution in [0.4, 0.5) is 0 Å². The standard InChI is InChI=1S/C14H18BrClN4/c1-2-6-20-7-5-18-14(20)9-13(19-17)11-8-10(15)3-4-12(11)16/h3-5,7-8,13,19H,2,6,9,17H2,1H3. The van der Waals surface area contributed by atoms with Crippen LogP contribution in [0.5, 0.6) is 0 Å². The van der Waals surface area contributed by atoms with Gasteiger partial charge in [0, 0.05) is 34.9 Å². The Morgan fingerprint density at radius 2 is 2.30 bits per heavy atom. The molecular weight excluding hydrogens is 340 g/mol. The summed E-state index contributed by atoms with van der Waals surface area (Å²) >= 11 is 9.73. The van der Waals surface area contributed by atoms with E-state index in [2.05, 4.69) is 37.8 Å². The first kappa shape index (κ1) is 15.5. The zero-order valence-electron chi connectivity index (χ0n) is 11.3. The lowest BCUT2D eigenvalue weighted by Gasteiger charge is -2.18. The Morgan fingerprint density at radius 1 is 1.50 bits per heavy atom. The van der Waals surface area contributed by atoms with Gasteiger partial charge in [0.2, 0.25) is 0 Å². The fraction of sp³-hybridized carbons (Fsp3) is 0.357. The maximum absolute atomic E-state index is 6.27. The van der Waals surface area contributed by atoms with Gasteiger partial charge in [0.15, 0.2) is 0 Å². The lowest BCUT2D eigenvalue weighted by molar-refractivity contribution is 0.517. The van der Waals surface area contributed by atoms with Crippen molar-refractivity contribution in [3.63, 3.8) is 0 Å². The largest absolute Gasteiger partial charge is 0.335 e. The van der Waals surface area contributed by atoms with Gasteiger partial charge in [0.05, 0.1) is 6.04 Å². The molecule has 0 radical (unpaired) electrons. The smallest absolute Gasteiger partial charge is 0.110 e. The van der Waals surface area contributed by atoms with Gasteiger partial charge in [0.1, 0.15) is 5.82 Å². The molecule has 0 aliphatic heterocycles. The molecule has 0 spiro atoms. The molecule has 1 unspecified atom stereocenters. The summed E-state index contributed by atoms with van der Waals surface area (Å²) in [5.41, 5.74) is 3.80. The van der Waals surface area contributed by atoms with Crippen LogP contribution < -0.4 is 11.3 Å². The zero-order valence-corrected chi connectivity index (χ0v) is 13.7. The number of imidazole rings is 1. The number of nitrogens with zero attached hydrogens (tertiary/aromatic N) is 2. The van der Waals surface area contributed by atoms with Gasteiger partial charge in [-0.25, -0.2) is 4.98 Å². The third-order valence-corrected chi connectivity index (χ3v) is 4.03. The van der Waals surface area contributed by atoms with Gasteiger partial charge in [-0.2, -0.15) is 0 Å². The van der Waals surface area contributed by atoms with E-state index in [0.717, 1.165) is 28.8 Å². The topological polar surface area (TPSA) is 55.9 Å². The third kappa shape index (κ3) is 3.61. The van der Waals surface area contributed by atoms with E-state index in [-0.39, 0.29) is 6.04 Å². The Morgan fingerprint density at radius 3 is 3.00 bits per heavy atom. The molecule has 0 saturated heterocycles. The molecule has 1 aromatic heterocycles. The van der Waals surface area contributed by atoms with E-state index in [1.165, 1.54) is 0 Å². The summed E-state index contributed by atoms with van der Waals surface area (Å²) in [5, 5.41) is 0.699. The second-order valence-corrected chi connectivity index (χ2v) is 5.95. The molecule has 1 atom stereocenters. The summed E-state index contributed by atoms with van der Waals surface area (Å²) < 4.78 is 3.13. The molecule has 6 heteroatoms. The molecule has 0 bridgehead atoms. The van der Waals surface area contributed by atoms with Gasteiger partial charge in [-0.3, -0.25) is 11.3 Å². The molecule has 3 N–H and O–H groups in total. The zero-order chi connectivity index (χ0) is 14.5. The molecule has 2 aromatic rings. The highest BCUT2D eigenvalue weighted by Gasteiger charge is 2.17. The number of rotatable bonds is 6. The molecule has 108 valence electrons. The molecule has 0 saturated carbocycles. The van der Waals surface area contributed by atoms with Gasteiger partial charge in [0.25, 0.3) is 0 Å². The van der Waals surface area contributed by atoms with Crippen LogP contribution in [-0.4, -0.2) is 9.55 Å². The molecule has 2 rings (SSSR count). The number of halogens is 2. The first-order chi connectivity index (χ1) is 9.65. The van der Waals surface area contributed by atoms with E-state index in [4.69, 9.17) is 17.4 Å². The van der Waals surface area contributed by atoms with Crippen LogP contribution in [0.3, 0.4) is 0 Å². The maximum atomic E-state index is 6.27. The Hall–Kier alpha value is -0.880. The Kier molecular flexibility index (Phi) is 5.60. The first-order valence-corrected chi connectivity index (χ1v) is 7.74. The second kappa shape index (κ2) is 7.22. The van der Waals surface area contributed by atoms with Crippen molar-refractivity contribution in [3.8, 4) is 0 Å². The highest BCUT2D eigenvalue weighted by molar-refractivity contribution is 9.10. The fourth-order valence-electron chi connectivity index (χ4n) is 2.20. The van der Waals surface area contributed by atoms with Crippen LogP contribution in [0.2, 0.25) is 5.02 Å². The molecule has 0 aliphatic carbocycles. The highest BCUT2D eigenvalue weighted by Crippen LogP contribution is 2.28. The molecule has 0 fully saturated rings. The van der Waals surface area contributed by atoms with E-state index < -0.39 is 0 Å². The maximum Gasteiger partial charge on any atom is 0.110 e. The molecule has 1 aromatic carbocycles. The van der Waals surface area contributed by atoms with Crippen LogP contribution in [0, 0.1) is 0 Å². The summed E-state index contributed by atoms with van der Waals surface area (Å²) in [5.74, 6) is 6.71. The van der Waals surface area contributed by atoms with E-state index >= 15 is 0 Å². The molecular formula is C14H18BrClN4. The van der Waals surface area contributed by atoms with Crippen molar-refractivity contribution >= 4 is 27.5 Å². The molecule has 1 heterocycles. The van der Waals surface area contributed by atoms with E-state index in [1.54, 1.807) is 0 Å². The highest BCUT2D eigenvalue weighted by atomic mass is 79.9. The minimum atomic E-state index is -0.0713. The number of hydrogen-bond donors (Lipinski definition) is 2. The van der Waals surface area contributed by atoms with Crippen molar-refractivity contribution in [1.29, 1.82) is 0 Å². The average molecular weight is 358 g/mol. The summed E-state index contributed by atoms with van der Waals surface area (Å²) in [6.45, 7) is 3.10. The van der Waals surface area contributed by atoms with Gasteiger partial charge in [-0.15, -0.1) is 0 Å². The SMILES string of the molecule is CCCn1ccnc1CC(NN)c1cc(Br)ccc1Cl. The first-order valence-electron chi connectivity index (χ1n) is 6.56. The van der Waals surface area contributed by atoms with E-state index in [9.17, 15) is 0 Å². The van der Waals surface area contributed by atoms with Crippen molar-refractivity contribution < 1.29 is 0 Å². The number of nitrogens with two attached hydrogens (primary N) is 1. The van der Waals surface area contributed by atoms with Crippen molar-refractivity contribution in [2.45, 2.75) is 32.4 Å². The van der Waals surface area contributed by atoms with Crippen LogP contribution in [0.25, 0.3) is 0 Å². The molecule has 0 amide bonds. The van der Waals surface area contributed by atoms with Gasteiger partial charge in [-0.1, -0.05) is 34.5 Å². The van der Waals surface area contributed by atoms with E-state index in [1.807, 2.05) is 30.6 Å². The molecule has 4 nitrogen and oxygen atoms in total. The minimum Gasteiger partial charge on any atom is -0.335 e. The van der Waals surface area contributed by atoms with Crippen LogP contribution >= 0.6 is 27.5 Å². The van der Waals surface area contributed by atoms with Crippen molar-refractivity contribution in [2.24, 2.45) is 5.84 Å². The predicted octanol–water partition coefficient (Wildman–Crippen LogP) is 3.46. The fourth-order valence-corrected chi connectivity index (χ4v) is 2.83. The van der Waals surface area contributed by atoms with Crippen LogP contribution in [0.15, 0.2) is 35.1 Å². The monoisotopic (exact) mass is 356 g/mol. The number of aromatic nitrogens is 2. The average Bonchev–Trinajstić information content (AvgIpc) is 2.87. The number of hydrazine groups is 1.